The number of hydrogen-bond acceptors (Lipinski definition) is 4. The molecule has 24 heavy (non-hydrogen) atoms. The minimum Gasteiger partial charge on any atom is -0.371 e. The molecular formula is C18H24FN3O2. The van der Waals surface area contributed by atoms with Crippen LogP contribution < -0.4 is 5.32 Å². The van der Waals surface area contributed by atoms with Crippen molar-refractivity contribution in [1.82, 2.24) is 9.88 Å². The summed E-state index contributed by atoms with van der Waals surface area (Å²) < 4.78 is 19.9. The van der Waals surface area contributed by atoms with E-state index >= 15 is 0 Å². The summed E-state index contributed by atoms with van der Waals surface area (Å²) >= 11 is 0. The van der Waals surface area contributed by atoms with Gasteiger partial charge in [0.05, 0.1) is 18.2 Å². The van der Waals surface area contributed by atoms with Crippen molar-refractivity contribution in [1.29, 1.82) is 0 Å². The van der Waals surface area contributed by atoms with Crippen molar-refractivity contribution in [2.75, 3.05) is 25.0 Å². The molecule has 1 aromatic heterocycles. The molecule has 0 bridgehead atoms. The highest BCUT2D eigenvalue weighted by molar-refractivity contribution is 5.77. The van der Waals surface area contributed by atoms with E-state index in [0.717, 1.165) is 25.8 Å². The van der Waals surface area contributed by atoms with Crippen LogP contribution in [-0.4, -0.2) is 47.1 Å². The Morgan fingerprint density at radius 2 is 2.38 bits per heavy atom. The largest absolute Gasteiger partial charge is 0.371 e. The predicted octanol–water partition coefficient (Wildman–Crippen LogP) is 2.58. The molecule has 0 radical (unpaired) electrons. The van der Waals surface area contributed by atoms with Gasteiger partial charge < -0.3 is 15.0 Å². The third-order valence-electron chi connectivity index (χ3n) is 5.36. The summed E-state index contributed by atoms with van der Waals surface area (Å²) in [5.41, 5.74) is -0.277. The monoisotopic (exact) mass is 333 g/mol. The van der Waals surface area contributed by atoms with Gasteiger partial charge in [-0.3, -0.25) is 4.79 Å². The van der Waals surface area contributed by atoms with Crippen molar-refractivity contribution in [2.45, 2.75) is 50.2 Å². The molecule has 5 nitrogen and oxygen atoms in total. The number of amides is 1. The molecular weight excluding hydrogens is 309 g/mol. The first-order valence-electron chi connectivity index (χ1n) is 8.92. The zero-order valence-corrected chi connectivity index (χ0v) is 13.8. The second-order valence-corrected chi connectivity index (χ2v) is 7.44. The summed E-state index contributed by atoms with van der Waals surface area (Å²) in [7, 11) is 0. The van der Waals surface area contributed by atoms with Crippen LogP contribution in [0.5, 0.6) is 0 Å². The smallest absolute Gasteiger partial charge is 0.222 e. The van der Waals surface area contributed by atoms with E-state index in [2.05, 4.69) is 10.3 Å². The molecule has 2 atom stereocenters. The van der Waals surface area contributed by atoms with Gasteiger partial charge in [0.2, 0.25) is 5.91 Å². The summed E-state index contributed by atoms with van der Waals surface area (Å²) in [4.78, 5) is 18.4. The highest BCUT2D eigenvalue weighted by Gasteiger charge is 2.45. The van der Waals surface area contributed by atoms with E-state index in [1.165, 1.54) is 18.9 Å². The molecule has 3 heterocycles. The molecule has 1 spiro atoms. The number of halogens is 1. The van der Waals surface area contributed by atoms with Crippen molar-refractivity contribution < 1.29 is 13.9 Å². The Bertz CT molecular complexity index is 622. The Labute approximate surface area is 141 Å². The average molecular weight is 333 g/mol. The quantitative estimate of drug-likeness (QED) is 0.920. The van der Waals surface area contributed by atoms with Gasteiger partial charge in [-0.2, -0.15) is 0 Å². The molecule has 4 rings (SSSR count). The fourth-order valence-corrected chi connectivity index (χ4v) is 3.92. The lowest BCUT2D eigenvalue weighted by atomic mass is 9.88. The number of rotatable bonds is 4. The second-order valence-electron chi connectivity index (χ2n) is 7.44. The van der Waals surface area contributed by atoms with E-state index in [0.29, 0.717) is 25.5 Å². The molecule has 130 valence electrons. The van der Waals surface area contributed by atoms with Gasteiger partial charge in [0, 0.05) is 32.1 Å². The van der Waals surface area contributed by atoms with Gasteiger partial charge in [-0.1, -0.05) is 0 Å². The first-order chi connectivity index (χ1) is 11.6. The van der Waals surface area contributed by atoms with Crippen molar-refractivity contribution in [3.63, 3.8) is 0 Å². The van der Waals surface area contributed by atoms with E-state index in [9.17, 15) is 9.18 Å². The molecule has 3 fully saturated rings. The molecule has 1 aliphatic carbocycles. The number of pyridine rings is 1. The molecule has 6 heteroatoms. The van der Waals surface area contributed by atoms with Gasteiger partial charge in [-0.05, 0) is 43.7 Å². The SMILES string of the molecule is O=C(CC1CC1)N1CCC[C@]2(C[C@@H](Nc3ncccc3F)CO2)C1. The summed E-state index contributed by atoms with van der Waals surface area (Å²) in [5.74, 6) is 0.817. The van der Waals surface area contributed by atoms with Gasteiger partial charge in [0.1, 0.15) is 0 Å². The van der Waals surface area contributed by atoms with E-state index in [1.807, 2.05) is 4.90 Å². The fourth-order valence-electron chi connectivity index (χ4n) is 3.92. The highest BCUT2D eigenvalue weighted by atomic mass is 19.1. The Morgan fingerprint density at radius 3 is 3.17 bits per heavy atom. The van der Waals surface area contributed by atoms with Crippen LogP contribution in [0.25, 0.3) is 0 Å². The van der Waals surface area contributed by atoms with Crippen LogP contribution >= 0.6 is 0 Å². The molecule has 1 aromatic rings. The van der Waals surface area contributed by atoms with E-state index in [1.54, 1.807) is 12.3 Å². The number of nitrogens with one attached hydrogen (secondary N) is 1. The lowest BCUT2D eigenvalue weighted by Gasteiger charge is -2.39. The lowest BCUT2D eigenvalue weighted by molar-refractivity contribution is -0.139. The van der Waals surface area contributed by atoms with Crippen LogP contribution in [-0.2, 0) is 9.53 Å². The number of carbonyl (C=O) groups is 1. The number of piperidine rings is 1. The Morgan fingerprint density at radius 1 is 1.50 bits per heavy atom. The molecule has 0 aromatic carbocycles. The Balaban J connectivity index is 1.37. The third-order valence-corrected chi connectivity index (χ3v) is 5.36. The van der Waals surface area contributed by atoms with Crippen molar-refractivity contribution in [2.24, 2.45) is 5.92 Å². The number of nitrogens with zero attached hydrogens (tertiary/aromatic N) is 2. The van der Waals surface area contributed by atoms with E-state index < -0.39 is 0 Å². The first-order valence-corrected chi connectivity index (χ1v) is 8.92. The maximum Gasteiger partial charge on any atom is 0.222 e. The van der Waals surface area contributed by atoms with E-state index in [-0.39, 0.29) is 29.2 Å². The van der Waals surface area contributed by atoms with Gasteiger partial charge in [0.25, 0.3) is 0 Å². The predicted molar refractivity (Wildman–Crippen MR) is 88.1 cm³/mol. The standard InChI is InChI=1S/C18H24FN3O2/c19-15-3-1-7-20-17(15)21-14-10-18(24-11-14)6-2-8-22(12-18)16(23)9-13-4-5-13/h1,3,7,13-14H,2,4-6,8-12H2,(H,20,21)/t14-,18+/m1/s1. The van der Waals surface area contributed by atoms with Crippen LogP contribution in [0.4, 0.5) is 10.2 Å². The minimum absolute atomic E-state index is 0.0351. The zero-order valence-electron chi connectivity index (χ0n) is 13.8. The molecule has 2 aliphatic heterocycles. The molecule has 1 N–H and O–H groups in total. The highest BCUT2D eigenvalue weighted by Crippen LogP contribution is 2.37. The summed E-state index contributed by atoms with van der Waals surface area (Å²) in [6, 6.07) is 3.02. The second kappa shape index (κ2) is 6.31. The number of anilines is 1. The fraction of sp³-hybridized carbons (Fsp3) is 0.667. The maximum atomic E-state index is 13.8. The Kier molecular flexibility index (Phi) is 4.16. The maximum absolute atomic E-state index is 13.8. The number of likely N-dealkylation sites (tertiary alicyclic amines) is 1. The number of carbonyl (C=O) groups excluding carboxylic acids is 1. The average Bonchev–Trinajstić information content (AvgIpc) is 3.31. The van der Waals surface area contributed by atoms with Crippen LogP contribution in [0.3, 0.4) is 0 Å². The zero-order chi connectivity index (χ0) is 16.6. The van der Waals surface area contributed by atoms with Crippen LogP contribution in [0.15, 0.2) is 18.3 Å². The third kappa shape index (κ3) is 3.38. The van der Waals surface area contributed by atoms with Crippen LogP contribution in [0, 0.1) is 11.7 Å². The van der Waals surface area contributed by atoms with Gasteiger partial charge in [0.15, 0.2) is 11.6 Å². The number of hydrogen-bond donors (Lipinski definition) is 1. The minimum atomic E-state index is -0.344. The van der Waals surface area contributed by atoms with Gasteiger partial charge >= 0.3 is 0 Å². The Hall–Kier alpha value is -1.69. The molecule has 1 saturated carbocycles. The first kappa shape index (κ1) is 15.8. The molecule has 1 amide bonds. The van der Waals surface area contributed by atoms with Gasteiger partial charge in [-0.15, -0.1) is 0 Å². The molecule has 2 saturated heterocycles. The normalized spacial score (nSPS) is 29.9. The van der Waals surface area contributed by atoms with E-state index in [4.69, 9.17) is 4.74 Å². The number of aromatic nitrogens is 1. The number of ether oxygens (including phenoxy) is 1. The molecule has 3 aliphatic rings. The van der Waals surface area contributed by atoms with Crippen molar-refractivity contribution in [3.05, 3.63) is 24.1 Å². The van der Waals surface area contributed by atoms with Crippen molar-refractivity contribution >= 4 is 11.7 Å². The molecule has 0 unspecified atom stereocenters. The summed E-state index contributed by atoms with van der Waals surface area (Å²) in [6.45, 7) is 2.03. The van der Waals surface area contributed by atoms with Crippen LogP contribution in [0.1, 0.15) is 38.5 Å². The lowest BCUT2D eigenvalue weighted by Crippen LogP contribution is -2.50. The summed E-state index contributed by atoms with van der Waals surface area (Å²) in [5, 5.41) is 3.15. The van der Waals surface area contributed by atoms with Crippen molar-refractivity contribution in [3.8, 4) is 0 Å². The summed E-state index contributed by atoms with van der Waals surface area (Å²) in [6.07, 6.45) is 7.39. The van der Waals surface area contributed by atoms with Crippen LogP contribution in [0.2, 0.25) is 0 Å². The topological polar surface area (TPSA) is 54.5 Å². The van der Waals surface area contributed by atoms with Gasteiger partial charge in [-0.25, -0.2) is 9.37 Å².